The first kappa shape index (κ1) is 31.8. The minimum absolute atomic E-state index is 0.0343. The Morgan fingerprint density at radius 3 is 2.07 bits per heavy atom. The van der Waals surface area contributed by atoms with E-state index in [9.17, 15) is 22.4 Å². The lowest BCUT2D eigenvalue weighted by atomic mass is 10.0. The number of amides is 2. The van der Waals surface area contributed by atoms with E-state index in [1.54, 1.807) is 49.4 Å². The Morgan fingerprint density at radius 2 is 1.51 bits per heavy atom. The normalized spacial score (nSPS) is 13.0. The van der Waals surface area contributed by atoms with E-state index in [0.29, 0.717) is 12.1 Å². The topological polar surface area (TPSA) is 86.8 Å². The quantitative estimate of drug-likeness (QED) is 0.294. The number of halogens is 1. The molecule has 0 aliphatic heterocycles. The highest BCUT2D eigenvalue weighted by molar-refractivity contribution is 7.92. The molecule has 9 heteroatoms. The predicted octanol–water partition coefficient (Wildman–Crippen LogP) is 5.78. The summed E-state index contributed by atoms with van der Waals surface area (Å²) in [7, 11) is -4.17. The second-order valence-electron chi connectivity index (χ2n) is 10.7. The molecular formula is C32H40FN3O4S. The lowest BCUT2D eigenvalue weighted by Crippen LogP contribution is -2.52. The van der Waals surface area contributed by atoms with Gasteiger partial charge in [0, 0.05) is 18.2 Å². The predicted molar refractivity (Wildman–Crippen MR) is 161 cm³/mol. The van der Waals surface area contributed by atoms with Gasteiger partial charge < -0.3 is 10.2 Å². The summed E-state index contributed by atoms with van der Waals surface area (Å²) in [5, 5.41) is 2.87. The summed E-state index contributed by atoms with van der Waals surface area (Å²) >= 11 is 0. The largest absolute Gasteiger partial charge is 0.352 e. The SMILES string of the molecule is CC[C@H](C)NC(=O)[C@@H](C)N(Cc1ccccc1F)C(=O)CN(c1ccc(C(C)C)cc1)S(=O)(=O)c1ccc(C)cc1. The van der Waals surface area contributed by atoms with Gasteiger partial charge in [0.2, 0.25) is 11.8 Å². The van der Waals surface area contributed by atoms with Crippen LogP contribution < -0.4 is 9.62 Å². The molecule has 0 radical (unpaired) electrons. The zero-order valence-electron chi connectivity index (χ0n) is 24.6. The van der Waals surface area contributed by atoms with Crippen molar-refractivity contribution in [3.8, 4) is 0 Å². The molecule has 2 amide bonds. The second kappa shape index (κ2) is 13.8. The van der Waals surface area contributed by atoms with Crippen molar-refractivity contribution in [1.29, 1.82) is 0 Å². The van der Waals surface area contributed by atoms with Gasteiger partial charge in [0.05, 0.1) is 10.6 Å². The summed E-state index contributed by atoms with van der Waals surface area (Å²) in [6.45, 7) is 10.5. The van der Waals surface area contributed by atoms with E-state index in [0.717, 1.165) is 15.4 Å². The van der Waals surface area contributed by atoms with Crippen LogP contribution in [0.3, 0.4) is 0 Å². The molecule has 0 aromatic heterocycles. The monoisotopic (exact) mass is 581 g/mol. The van der Waals surface area contributed by atoms with Crippen molar-refractivity contribution in [3.63, 3.8) is 0 Å². The molecule has 2 atom stereocenters. The number of sulfonamides is 1. The first-order chi connectivity index (χ1) is 19.3. The standard InChI is InChI=1S/C32H40FN3O4S/c1-7-24(5)34-32(38)25(6)35(20-27-10-8-9-11-30(27)33)31(37)21-36(28-16-14-26(15-17-28)22(2)3)41(39,40)29-18-12-23(4)13-19-29/h8-19,22,24-25H,7,20-21H2,1-6H3,(H,34,38)/t24-,25+/m0/s1. The molecule has 1 N–H and O–H groups in total. The third kappa shape index (κ3) is 7.94. The van der Waals surface area contributed by atoms with Gasteiger partial charge >= 0.3 is 0 Å². The van der Waals surface area contributed by atoms with Crippen LogP contribution in [0, 0.1) is 12.7 Å². The van der Waals surface area contributed by atoms with Gasteiger partial charge in [0.25, 0.3) is 10.0 Å². The third-order valence-electron chi connectivity index (χ3n) is 7.20. The number of carbonyl (C=O) groups is 2. The summed E-state index contributed by atoms with van der Waals surface area (Å²) in [6, 6.07) is 18.3. The molecule has 41 heavy (non-hydrogen) atoms. The fourth-order valence-electron chi connectivity index (χ4n) is 4.25. The van der Waals surface area contributed by atoms with Crippen molar-refractivity contribution in [1.82, 2.24) is 10.2 Å². The van der Waals surface area contributed by atoms with E-state index < -0.39 is 40.2 Å². The van der Waals surface area contributed by atoms with Crippen molar-refractivity contribution in [2.45, 2.75) is 77.4 Å². The summed E-state index contributed by atoms with van der Waals surface area (Å²) in [5.41, 5.74) is 2.44. The lowest BCUT2D eigenvalue weighted by molar-refractivity contribution is -0.139. The van der Waals surface area contributed by atoms with Crippen LogP contribution in [0.4, 0.5) is 10.1 Å². The summed E-state index contributed by atoms with van der Waals surface area (Å²) in [5.74, 6) is -1.33. The molecule has 0 bridgehead atoms. The summed E-state index contributed by atoms with van der Waals surface area (Å²) in [6.07, 6.45) is 0.689. The minimum Gasteiger partial charge on any atom is -0.352 e. The Bertz CT molecular complexity index is 1440. The van der Waals surface area contributed by atoms with E-state index >= 15 is 0 Å². The highest BCUT2D eigenvalue weighted by Gasteiger charge is 2.33. The number of rotatable bonds is 12. The maximum absolute atomic E-state index is 14.7. The van der Waals surface area contributed by atoms with Crippen LogP contribution in [-0.4, -0.2) is 43.8 Å². The van der Waals surface area contributed by atoms with E-state index in [1.165, 1.54) is 23.1 Å². The van der Waals surface area contributed by atoms with Crippen LogP contribution in [0.2, 0.25) is 0 Å². The highest BCUT2D eigenvalue weighted by atomic mass is 32.2. The Labute approximate surface area is 243 Å². The Hall–Kier alpha value is -3.72. The number of carbonyl (C=O) groups excluding carboxylic acids is 2. The maximum Gasteiger partial charge on any atom is 0.264 e. The van der Waals surface area contributed by atoms with Crippen molar-refractivity contribution < 1.29 is 22.4 Å². The number of hydrogen-bond acceptors (Lipinski definition) is 4. The van der Waals surface area contributed by atoms with Crippen molar-refractivity contribution in [2.75, 3.05) is 10.8 Å². The molecule has 0 unspecified atom stereocenters. The van der Waals surface area contributed by atoms with Crippen molar-refractivity contribution in [2.24, 2.45) is 0 Å². The maximum atomic E-state index is 14.7. The molecule has 7 nitrogen and oxygen atoms in total. The molecule has 0 saturated heterocycles. The molecule has 3 aromatic carbocycles. The van der Waals surface area contributed by atoms with Gasteiger partial charge in [0.1, 0.15) is 18.4 Å². The number of anilines is 1. The number of nitrogens with one attached hydrogen (secondary N) is 1. The molecule has 0 saturated carbocycles. The van der Waals surface area contributed by atoms with Crippen LogP contribution in [-0.2, 0) is 26.2 Å². The Morgan fingerprint density at radius 1 is 0.902 bits per heavy atom. The first-order valence-corrected chi connectivity index (χ1v) is 15.3. The molecular weight excluding hydrogens is 541 g/mol. The van der Waals surface area contributed by atoms with Crippen LogP contribution in [0.25, 0.3) is 0 Å². The van der Waals surface area contributed by atoms with Gasteiger partial charge in [-0.05, 0) is 69.0 Å². The summed E-state index contributed by atoms with van der Waals surface area (Å²) < 4.78 is 43.6. The van der Waals surface area contributed by atoms with Gasteiger partial charge in [-0.15, -0.1) is 0 Å². The van der Waals surface area contributed by atoms with Gasteiger partial charge in [-0.25, -0.2) is 12.8 Å². The Balaban J connectivity index is 2.05. The fraction of sp³-hybridized carbons (Fsp3) is 0.375. The van der Waals surface area contributed by atoms with E-state index in [4.69, 9.17) is 0 Å². The van der Waals surface area contributed by atoms with Crippen LogP contribution in [0.1, 0.15) is 63.6 Å². The molecule has 0 fully saturated rings. The molecule has 3 rings (SSSR count). The summed E-state index contributed by atoms with van der Waals surface area (Å²) in [4.78, 5) is 28.3. The van der Waals surface area contributed by atoms with E-state index in [2.05, 4.69) is 5.32 Å². The average molecular weight is 582 g/mol. The third-order valence-corrected chi connectivity index (χ3v) is 8.99. The van der Waals surface area contributed by atoms with E-state index in [1.807, 2.05) is 46.8 Å². The van der Waals surface area contributed by atoms with Gasteiger partial charge in [-0.3, -0.25) is 13.9 Å². The zero-order chi connectivity index (χ0) is 30.3. The average Bonchev–Trinajstić information content (AvgIpc) is 2.95. The van der Waals surface area contributed by atoms with Gasteiger partial charge in [0.15, 0.2) is 0 Å². The second-order valence-corrected chi connectivity index (χ2v) is 12.5. The van der Waals surface area contributed by atoms with Crippen LogP contribution >= 0.6 is 0 Å². The van der Waals surface area contributed by atoms with Crippen molar-refractivity contribution >= 4 is 27.5 Å². The molecule has 220 valence electrons. The van der Waals surface area contributed by atoms with Gasteiger partial charge in [-0.2, -0.15) is 0 Å². The van der Waals surface area contributed by atoms with Crippen molar-refractivity contribution in [3.05, 3.63) is 95.3 Å². The molecule has 0 heterocycles. The molecule has 3 aromatic rings. The van der Waals surface area contributed by atoms with E-state index in [-0.39, 0.29) is 29.0 Å². The van der Waals surface area contributed by atoms with Crippen LogP contribution in [0.5, 0.6) is 0 Å². The van der Waals surface area contributed by atoms with Gasteiger partial charge in [-0.1, -0.05) is 68.8 Å². The Kier molecular flexibility index (Phi) is 10.7. The number of aryl methyl sites for hydroxylation is 1. The lowest BCUT2D eigenvalue weighted by Gasteiger charge is -2.32. The van der Waals surface area contributed by atoms with Crippen LogP contribution in [0.15, 0.2) is 77.7 Å². The molecule has 0 aliphatic rings. The fourth-order valence-corrected chi connectivity index (χ4v) is 5.66. The molecule has 0 aliphatic carbocycles. The minimum atomic E-state index is -4.17. The zero-order valence-corrected chi connectivity index (χ0v) is 25.4. The smallest absolute Gasteiger partial charge is 0.264 e. The highest BCUT2D eigenvalue weighted by Crippen LogP contribution is 2.27. The number of hydrogen-bond donors (Lipinski definition) is 1. The number of nitrogens with zero attached hydrogens (tertiary/aromatic N) is 2. The first-order valence-electron chi connectivity index (χ1n) is 13.9. The number of benzene rings is 3. The molecule has 0 spiro atoms.